The van der Waals surface area contributed by atoms with Crippen LogP contribution in [0.25, 0.3) is 0 Å². The van der Waals surface area contributed by atoms with Gasteiger partial charge in [0.1, 0.15) is 11.8 Å². The van der Waals surface area contributed by atoms with Crippen molar-refractivity contribution in [2.24, 2.45) is 0 Å². The third-order valence-corrected chi connectivity index (χ3v) is 2.54. The van der Waals surface area contributed by atoms with E-state index in [0.29, 0.717) is 29.1 Å². The van der Waals surface area contributed by atoms with Crippen LogP contribution in [-0.2, 0) is 6.61 Å². The van der Waals surface area contributed by atoms with Crippen molar-refractivity contribution in [3.63, 3.8) is 0 Å². The number of ether oxygens (including phenoxy) is 1. The Morgan fingerprint density at radius 1 is 1.42 bits per heavy atom. The van der Waals surface area contributed by atoms with Gasteiger partial charge < -0.3 is 14.5 Å². The Morgan fingerprint density at radius 3 is 2.79 bits per heavy atom. The number of nitrogens with one attached hydrogen (secondary N) is 1. The van der Waals surface area contributed by atoms with Gasteiger partial charge in [0, 0.05) is 11.6 Å². The van der Waals surface area contributed by atoms with Gasteiger partial charge >= 0.3 is 0 Å². The average Bonchev–Trinajstić information content (AvgIpc) is 2.81. The highest BCUT2D eigenvalue weighted by molar-refractivity contribution is 6.30. The third-order valence-electron chi connectivity index (χ3n) is 2.29. The summed E-state index contributed by atoms with van der Waals surface area (Å²) in [5.41, 5.74) is 0.233. The van der Waals surface area contributed by atoms with E-state index in [1.807, 2.05) is 13.0 Å². The summed E-state index contributed by atoms with van der Waals surface area (Å²) in [7, 11) is 0. The van der Waals surface area contributed by atoms with Crippen molar-refractivity contribution in [2.75, 3.05) is 11.9 Å². The Hall–Kier alpha value is -2.19. The van der Waals surface area contributed by atoms with Gasteiger partial charge in [0.2, 0.25) is 17.5 Å². The van der Waals surface area contributed by atoms with Crippen molar-refractivity contribution >= 4 is 17.5 Å². The minimum absolute atomic E-state index is 0.154. The molecule has 5 nitrogen and oxygen atoms in total. The number of nitriles is 1. The maximum absolute atomic E-state index is 8.91. The van der Waals surface area contributed by atoms with Gasteiger partial charge in [-0.3, -0.25) is 0 Å². The molecule has 0 aliphatic rings. The number of hydrogen-bond acceptors (Lipinski definition) is 5. The van der Waals surface area contributed by atoms with E-state index in [9.17, 15) is 0 Å². The zero-order chi connectivity index (χ0) is 13.7. The molecule has 2 aromatic rings. The van der Waals surface area contributed by atoms with Crippen LogP contribution in [0.3, 0.4) is 0 Å². The van der Waals surface area contributed by atoms with Crippen LogP contribution in [0.15, 0.2) is 28.7 Å². The van der Waals surface area contributed by atoms with Crippen LogP contribution in [-0.4, -0.2) is 11.5 Å². The van der Waals surface area contributed by atoms with Gasteiger partial charge in [0.15, 0.2) is 6.61 Å². The predicted molar refractivity (Wildman–Crippen MR) is 71.2 cm³/mol. The highest BCUT2D eigenvalue weighted by atomic mass is 35.5. The molecule has 0 radical (unpaired) electrons. The highest BCUT2D eigenvalue weighted by Gasteiger charge is 2.12. The standard InChI is InChI=1S/C13H12ClN3O2/c1-2-16-13-11(7-15)17-12(19-13)8-18-10-5-3-9(14)4-6-10/h3-6,16H,2,8H2,1H3. The molecule has 0 bridgehead atoms. The summed E-state index contributed by atoms with van der Waals surface area (Å²) < 4.78 is 10.9. The molecular weight excluding hydrogens is 266 g/mol. The smallest absolute Gasteiger partial charge is 0.236 e. The minimum Gasteiger partial charge on any atom is -0.484 e. The lowest BCUT2D eigenvalue weighted by Crippen LogP contribution is -1.96. The van der Waals surface area contributed by atoms with Gasteiger partial charge in [0.05, 0.1) is 0 Å². The minimum atomic E-state index is 0.154. The first-order valence-electron chi connectivity index (χ1n) is 5.75. The van der Waals surface area contributed by atoms with E-state index in [1.165, 1.54) is 0 Å². The molecule has 0 atom stereocenters. The van der Waals surface area contributed by atoms with E-state index < -0.39 is 0 Å². The van der Waals surface area contributed by atoms with Crippen LogP contribution in [0.4, 0.5) is 5.88 Å². The van der Waals surface area contributed by atoms with Crippen LogP contribution in [0, 0.1) is 11.3 Å². The molecule has 0 fully saturated rings. The van der Waals surface area contributed by atoms with Gasteiger partial charge in [-0.15, -0.1) is 0 Å². The maximum atomic E-state index is 8.91. The van der Waals surface area contributed by atoms with E-state index >= 15 is 0 Å². The Bertz CT molecular complexity index is 587. The SMILES string of the molecule is CCNc1oc(COc2ccc(Cl)cc2)nc1C#N. The molecule has 0 aliphatic heterocycles. The van der Waals surface area contributed by atoms with Crippen molar-refractivity contribution < 1.29 is 9.15 Å². The fourth-order valence-electron chi connectivity index (χ4n) is 1.46. The normalized spacial score (nSPS) is 9.95. The van der Waals surface area contributed by atoms with E-state index in [1.54, 1.807) is 24.3 Å². The summed E-state index contributed by atoms with van der Waals surface area (Å²) >= 11 is 5.78. The molecule has 1 aromatic heterocycles. The first kappa shape index (κ1) is 13.2. The zero-order valence-corrected chi connectivity index (χ0v) is 11.1. The largest absolute Gasteiger partial charge is 0.484 e. The van der Waals surface area contributed by atoms with E-state index in [0.717, 1.165) is 0 Å². The van der Waals surface area contributed by atoms with Crippen molar-refractivity contribution in [3.8, 4) is 11.8 Å². The summed E-state index contributed by atoms with van der Waals surface area (Å²) in [5, 5.41) is 12.5. The lowest BCUT2D eigenvalue weighted by atomic mass is 10.3. The fourth-order valence-corrected chi connectivity index (χ4v) is 1.58. The monoisotopic (exact) mass is 277 g/mol. The first-order chi connectivity index (χ1) is 9.22. The molecule has 0 spiro atoms. The third kappa shape index (κ3) is 3.39. The fraction of sp³-hybridized carbons (Fsp3) is 0.231. The summed E-state index contributed by atoms with van der Waals surface area (Å²) in [5.74, 6) is 1.38. The van der Waals surface area contributed by atoms with Gasteiger partial charge in [-0.1, -0.05) is 11.6 Å². The number of nitrogens with zero attached hydrogens (tertiary/aromatic N) is 2. The van der Waals surface area contributed by atoms with Gasteiger partial charge in [0.25, 0.3) is 0 Å². The Morgan fingerprint density at radius 2 is 2.16 bits per heavy atom. The van der Waals surface area contributed by atoms with Gasteiger partial charge in [-0.25, -0.2) is 0 Å². The topological polar surface area (TPSA) is 71.1 Å². The molecule has 0 saturated carbocycles. The molecule has 0 unspecified atom stereocenters. The molecule has 0 saturated heterocycles. The molecule has 98 valence electrons. The number of benzene rings is 1. The van der Waals surface area contributed by atoms with Crippen LogP contribution >= 0.6 is 11.6 Å². The Kier molecular flexibility index (Phi) is 4.26. The maximum Gasteiger partial charge on any atom is 0.236 e. The summed E-state index contributed by atoms with van der Waals surface area (Å²) in [6.45, 7) is 2.72. The Balaban J connectivity index is 2.03. The van der Waals surface area contributed by atoms with E-state index in [2.05, 4.69) is 10.3 Å². The van der Waals surface area contributed by atoms with Crippen LogP contribution < -0.4 is 10.1 Å². The lowest BCUT2D eigenvalue weighted by molar-refractivity contribution is 0.265. The summed E-state index contributed by atoms with van der Waals surface area (Å²) in [4.78, 5) is 4.04. The van der Waals surface area contributed by atoms with Crippen LogP contribution in [0.2, 0.25) is 5.02 Å². The van der Waals surface area contributed by atoms with Gasteiger partial charge in [-0.05, 0) is 31.2 Å². The quantitative estimate of drug-likeness (QED) is 0.908. The summed E-state index contributed by atoms with van der Waals surface area (Å²) in [6, 6.07) is 8.94. The average molecular weight is 278 g/mol. The van der Waals surface area contributed by atoms with Crippen molar-refractivity contribution in [1.82, 2.24) is 4.98 Å². The number of anilines is 1. The predicted octanol–water partition coefficient (Wildman–Crippen LogP) is 3.21. The number of oxazole rings is 1. The second kappa shape index (κ2) is 6.12. The van der Waals surface area contributed by atoms with Gasteiger partial charge in [-0.2, -0.15) is 10.2 Å². The molecule has 0 amide bonds. The lowest BCUT2D eigenvalue weighted by Gasteiger charge is -2.02. The van der Waals surface area contributed by atoms with Crippen molar-refractivity contribution in [2.45, 2.75) is 13.5 Å². The molecule has 1 N–H and O–H groups in total. The number of rotatable bonds is 5. The van der Waals surface area contributed by atoms with E-state index in [-0.39, 0.29) is 12.3 Å². The van der Waals surface area contributed by atoms with Crippen molar-refractivity contribution in [3.05, 3.63) is 40.9 Å². The first-order valence-corrected chi connectivity index (χ1v) is 6.12. The second-order valence-corrected chi connectivity index (χ2v) is 4.11. The number of aromatic nitrogens is 1. The molecular formula is C13H12ClN3O2. The number of halogens is 1. The number of hydrogen-bond donors (Lipinski definition) is 1. The molecule has 1 heterocycles. The van der Waals surface area contributed by atoms with E-state index in [4.69, 9.17) is 26.0 Å². The van der Waals surface area contributed by atoms with Crippen LogP contribution in [0.5, 0.6) is 5.75 Å². The highest BCUT2D eigenvalue weighted by Crippen LogP contribution is 2.19. The Labute approximate surface area is 115 Å². The molecule has 2 rings (SSSR count). The van der Waals surface area contributed by atoms with Crippen molar-refractivity contribution in [1.29, 1.82) is 5.26 Å². The zero-order valence-electron chi connectivity index (χ0n) is 10.3. The molecule has 6 heteroatoms. The second-order valence-electron chi connectivity index (χ2n) is 3.67. The molecule has 19 heavy (non-hydrogen) atoms. The molecule has 0 aliphatic carbocycles. The summed E-state index contributed by atoms with van der Waals surface area (Å²) in [6.07, 6.45) is 0. The van der Waals surface area contributed by atoms with Crippen LogP contribution in [0.1, 0.15) is 18.5 Å². The molecule has 1 aromatic carbocycles.